The monoisotopic (exact) mass is 358 g/mol. The van der Waals surface area contributed by atoms with Crippen molar-refractivity contribution in [3.63, 3.8) is 0 Å². The Morgan fingerprint density at radius 1 is 1.31 bits per heavy atom. The van der Waals surface area contributed by atoms with Gasteiger partial charge < -0.3 is 15.0 Å². The lowest BCUT2D eigenvalue weighted by Crippen LogP contribution is -2.50. The van der Waals surface area contributed by atoms with Crippen LogP contribution in [0.3, 0.4) is 0 Å². The summed E-state index contributed by atoms with van der Waals surface area (Å²) in [7, 11) is 5.06. The fraction of sp³-hybridized carbons (Fsp3) is 0.421. The molecule has 0 aliphatic heterocycles. The van der Waals surface area contributed by atoms with Crippen molar-refractivity contribution in [2.75, 3.05) is 14.2 Å². The molecule has 1 N–H and O–H groups in total. The zero-order valence-electron chi connectivity index (χ0n) is 15.9. The highest BCUT2D eigenvalue weighted by Gasteiger charge is 2.28. The van der Waals surface area contributed by atoms with Gasteiger partial charge in [0.1, 0.15) is 11.8 Å². The van der Waals surface area contributed by atoms with Crippen LogP contribution in [0.4, 0.5) is 0 Å². The SMILES string of the molecule is COc1ccccc1C(=O)N[C@@H](C(=O)N(C)Cc1cnn(C)c1)C(C)C. The second kappa shape index (κ2) is 8.51. The van der Waals surface area contributed by atoms with Gasteiger partial charge in [-0.05, 0) is 18.1 Å². The molecule has 2 aromatic rings. The average Bonchev–Trinajstić information content (AvgIpc) is 3.03. The third-order valence-electron chi connectivity index (χ3n) is 4.13. The zero-order chi connectivity index (χ0) is 19.3. The summed E-state index contributed by atoms with van der Waals surface area (Å²) in [6.45, 7) is 4.24. The number of likely N-dealkylation sites (N-methyl/N-ethyl adjacent to an activating group) is 1. The van der Waals surface area contributed by atoms with Crippen LogP contribution < -0.4 is 10.1 Å². The normalized spacial score (nSPS) is 11.9. The number of nitrogens with zero attached hydrogens (tertiary/aromatic N) is 3. The Morgan fingerprint density at radius 3 is 2.58 bits per heavy atom. The Kier molecular flexibility index (Phi) is 6.38. The molecular formula is C19H26N4O3. The van der Waals surface area contributed by atoms with Gasteiger partial charge in [0.15, 0.2) is 0 Å². The number of aryl methyl sites for hydroxylation is 1. The quantitative estimate of drug-likeness (QED) is 0.819. The smallest absolute Gasteiger partial charge is 0.255 e. The number of para-hydroxylation sites is 1. The molecule has 0 unspecified atom stereocenters. The van der Waals surface area contributed by atoms with Crippen LogP contribution in [0, 0.1) is 5.92 Å². The van der Waals surface area contributed by atoms with Gasteiger partial charge in [0.25, 0.3) is 5.91 Å². The van der Waals surface area contributed by atoms with Crippen molar-refractivity contribution in [1.82, 2.24) is 20.0 Å². The van der Waals surface area contributed by atoms with Crippen molar-refractivity contribution >= 4 is 11.8 Å². The molecule has 140 valence electrons. The van der Waals surface area contributed by atoms with Crippen LogP contribution in [-0.2, 0) is 18.4 Å². The third-order valence-corrected chi connectivity index (χ3v) is 4.13. The van der Waals surface area contributed by atoms with Crippen LogP contribution in [0.15, 0.2) is 36.7 Å². The summed E-state index contributed by atoms with van der Waals surface area (Å²) >= 11 is 0. The lowest BCUT2D eigenvalue weighted by Gasteiger charge is -2.27. The van der Waals surface area contributed by atoms with E-state index in [1.807, 2.05) is 27.1 Å². The number of hydrogen-bond donors (Lipinski definition) is 1. The summed E-state index contributed by atoms with van der Waals surface area (Å²) < 4.78 is 6.92. The number of amides is 2. The standard InChI is InChI=1S/C19H26N4O3/c1-13(2)17(19(25)22(3)11-14-10-20-23(4)12-14)21-18(24)15-8-6-7-9-16(15)26-5/h6-10,12-13,17H,11H2,1-5H3,(H,21,24)/t17-/m1/s1. The summed E-state index contributed by atoms with van der Waals surface area (Å²) in [6.07, 6.45) is 3.59. The number of aromatic nitrogens is 2. The molecule has 0 bridgehead atoms. The Hall–Kier alpha value is -2.83. The first kappa shape index (κ1) is 19.5. The molecule has 26 heavy (non-hydrogen) atoms. The molecule has 0 fully saturated rings. The van der Waals surface area contributed by atoms with Gasteiger partial charge in [-0.3, -0.25) is 14.3 Å². The van der Waals surface area contributed by atoms with E-state index in [2.05, 4.69) is 10.4 Å². The number of benzene rings is 1. The van der Waals surface area contributed by atoms with Gasteiger partial charge in [-0.2, -0.15) is 5.10 Å². The first-order valence-electron chi connectivity index (χ1n) is 8.49. The molecule has 0 spiro atoms. The Bertz CT molecular complexity index is 770. The number of carbonyl (C=O) groups is 2. The minimum absolute atomic E-state index is 0.0579. The Balaban J connectivity index is 2.12. The van der Waals surface area contributed by atoms with Crippen molar-refractivity contribution in [3.05, 3.63) is 47.8 Å². The summed E-state index contributed by atoms with van der Waals surface area (Å²) in [5, 5.41) is 6.96. The number of ether oxygens (including phenoxy) is 1. The van der Waals surface area contributed by atoms with Crippen LogP contribution in [0.5, 0.6) is 5.75 Å². The van der Waals surface area contributed by atoms with Gasteiger partial charge in [0.2, 0.25) is 5.91 Å². The number of methoxy groups -OCH3 is 1. The molecule has 1 aromatic heterocycles. The van der Waals surface area contributed by atoms with Crippen molar-refractivity contribution in [1.29, 1.82) is 0 Å². The van der Waals surface area contributed by atoms with Crippen LogP contribution in [0.1, 0.15) is 29.8 Å². The summed E-state index contributed by atoms with van der Waals surface area (Å²) in [4.78, 5) is 27.1. The van der Waals surface area contributed by atoms with E-state index in [9.17, 15) is 9.59 Å². The lowest BCUT2D eigenvalue weighted by molar-refractivity contribution is -0.133. The van der Waals surface area contributed by atoms with E-state index in [0.717, 1.165) is 5.56 Å². The van der Waals surface area contributed by atoms with Crippen molar-refractivity contribution in [3.8, 4) is 5.75 Å². The highest BCUT2D eigenvalue weighted by Crippen LogP contribution is 2.18. The van der Waals surface area contributed by atoms with E-state index in [1.54, 1.807) is 47.1 Å². The molecule has 7 nitrogen and oxygen atoms in total. The summed E-state index contributed by atoms with van der Waals surface area (Å²) in [5.41, 5.74) is 1.34. The van der Waals surface area contributed by atoms with Gasteiger partial charge in [-0.1, -0.05) is 26.0 Å². The molecule has 7 heteroatoms. The molecule has 2 rings (SSSR count). The van der Waals surface area contributed by atoms with Crippen LogP contribution in [-0.4, -0.2) is 46.7 Å². The molecule has 2 amide bonds. The van der Waals surface area contributed by atoms with Gasteiger partial charge in [0, 0.05) is 32.4 Å². The number of nitrogens with one attached hydrogen (secondary N) is 1. The number of rotatable bonds is 7. The van der Waals surface area contributed by atoms with Crippen LogP contribution >= 0.6 is 0 Å². The molecule has 0 aliphatic carbocycles. The lowest BCUT2D eigenvalue weighted by atomic mass is 10.0. The molecular weight excluding hydrogens is 332 g/mol. The van der Waals surface area contributed by atoms with Gasteiger partial charge in [-0.25, -0.2) is 0 Å². The minimum atomic E-state index is -0.630. The third kappa shape index (κ3) is 4.62. The maximum Gasteiger partial charge on any atom is 0.255 e. The first-order chi connectivity index (χ1) is 12.3. The molecule has 0 saturated carbocycles. The average molecular weight is 358 g/mol. The van der Waals surface area contributed by atoms with Gasteiger partial charge in [0.05, 0.1) is 18.9 Å². The highest BCUT2D eigenvalue weighted by molar-refractivity contribution is 5.99. The first-order valence-corrected chi connectivity index (χ1v) is 8.49. The number of carbonyl (C=O) groups excluding carboxylic acids is 2. The van der Waals surface area contributed by atoms with E-state index >= 15 is 0 Å². The molecule has 1 aromatic carbocycles. The van der Waals surface area contributed by atoms with Crippen molar-refractivity contribution in [2.45, 2.75) is 26.4 Å². The maximum absolute atomic E-state index is 12.9. The fourth-order valence-corrected chi connectivity index (χ4v) is 2.71. The summed E-state index contributed by atoms with van der Waals surface area (Å²) in [5.74, 6) is -0.0578. The molecule has 0 radical (unpaired) electrons. The van der Waals surface area contributed by atoms with Crippen LogP contribution in [0.2, 0.25) is 0 Å². The Labute approximate surface area is 153 Å². The summed E-state index contributed by atoms with van der Waals surface area (Å²) in [6, 6.07) is 6.32. The van der Waals surface area contributed by atoms with E-state index in [0.29, 0.717) is 17.9 Å². The van der Waals surface area contributed by atoms with E-state index in [1.165, 1.54) is 7.11 Å². The number of hydrogen-bond acceptors (Lipinski definition) is 4. The topological polar surface area (TPSA) is 76.5 Å². The Morgan fingerprint density at radius 2 is 2.00 bits per heavy atom. The van der Waals surface area contributed by atoms with E-state index in [4.69, 9.17) is 4.74 Å². The second-order valence-electron chi connectivity index (χ2n) is 6.61. The predicted molar refractivity (Wildman–Crippen MR) is 98.8 cm³/mol. The molecule has 1 heterocycles. The maximum atomic E-state index is 12.9. The molecule has 0 saturated heterocycles. The van der Waals surface area contributed by atoms with E-state index in [-0.39, 0.29) is 17.7 Å². The highest BCUT2D eigenvalue weighted by atomic mass is 16.5. The minimum Gasteiger partial charge on any atom is -0.496 e. The second-order valence-corrected chi connectivity index (χ2v) is 6.61. The van der Waals surface area contributed by atoms with Crippen molar-refractivity contribution < 1.29 is 14.3 Å². The van der Waals surface area contributed by atoms with Gasteiger partial charge in [-0.15, -0.1) is 0 Å². The predicted octanol–water partition coefficient (Wildman–Crippen LogP) is 1.84. The zero-order valence-corrected chi connectivity index (χ0v) is 15.9. The molecule has 1 atom stereocenters. The molecule has 0 aliphatic rings. The fourth-order valence-electron chi connectivity index (χ4n) is 2.71. The van der Waals surface area contributed by atoms with Crippen molar-refractivity contribution in [2.24, 2.45) is 13.0 Å². The van der Waals surface area contributed by atoms with Gasteiger partial charge >= 0.3 is 0 Å². The van der Waals surface area contributed by atoms with E-state index < -0.39 is 6.04 Å². The van der Waals surface area contributed by atoms with Crippen LogP contribution in [0.25, 0.3) is 0 Å². The largest absolute Gasteiger partial charge is 0.496 e.